The molecule has 1 aromatic heterocycles. The maximum absolute atomic E-state index is 5.39. The third-order valence-electron chi connectivity index (χ3n) is 2.82. The number of benzene rings is 1. The van der Waals surface area contributed by atoms with Crippen LogP contribution < -0.4 is 0 Å². The van der Waals surface area contributed by atoms with E-state index in [9.17, 15) is 0 Å². The summed E-state index contributed by atoms with van der Waals surface area (Å²) in [6.45, 7) is 7.75. The minimum Gasteiger partial charge on any atom is -0.331 e. The van der Waals surface area contributed by atoms with E-state index in [2.05, 4.69) is 71.1 Å². The van der Waals surface area contributed by atoms with Gasteiger partial charge in [-0.2, -0.15) is 0 Å². The van der Waals surface area contributed by atoms with Crippen LogP contribution in [0.3, 0.4) is 0 Å². The van der Waals surface area contributed by atoms with Gasteiger partial charge in [-0.25, -0.2) is 0 Å². The van der Waals surface area contributed by atoms with Gasteiger partial charge in [0.15, 0.2) is 4.77 Å². The summed E-state index contributed by atoms with van der Waals surface area (Å²) in [5.74, 6) is 0. The second kappa shape index (κ2) is 4.72. The molecular formula is C13H17IN2S. The fraction of sp³-hybridized carbons (Fsp3) is 0.462. The van der Waals surface area contributed by atoms with Crippen molar-refractivity contribution in [2.24, 2.45) is 5.41 Å². The van der Waals surface area contributed by atoms with Crippen LogP contribution in [0.5, 0.6) is 0 Å². The second-order valence-corrected chi connectivity index (χ2v) is 7.19. The van der Waals surface area contributed by atoms with Crippen LogP contribution >= 0.6 is 34.8 Å². The maximum Gasteiger partial charge on any atom is 0.178 e. The molecule has 0 saturated heterocycles. The standard InChI is InChI=1S/C13H17IN2S/c1-13(2,3)6-7-16-11-5-4-9(14)8-10(11)15-12(16)17/h4-5,8H,6-7H2,1-3H3,(H,15,17). The molecule has 17 heavy (non-hydrogen) atoms. The Kier molecular flexibility index (Phi) is 3.63. The number of halogens is 1. The Morgan fingerprint density at radius 1 is 1.35 bits per heavy atom. The van der Waals surface area contributed by atoms with Crippen LogP contribution in [-0.4, -0.2) is 9.55 Å². The first kappa shape index (κ1) is 13.1. The predicted molar refractivity (Wildman–Crippen MR) is 83.9 cm³/mol. The van der Waals surface area contributed by atoms with Crippen molar-refractivity contribution in [3.05, 3.63) is 26.5 Å². The number of nitrogens with zero attached hydrogens (tertiary/aromatic N) is 1. The lowest BCUT2D eigenvalue weighted by molar-refractivity contribution is 0.352. The summed E-state index contributed by atoms with van der Waals surface area (Å²) < 4.78 is 4.26. The van der Waals surface area contributed by atoms with Gasteiger partial charge in [-0.1, -0.05) is 20.8 Å². The van der Waals surface area contributed by atoms with E-state index in [1.165, 1.54) is 9.09 Å². The number of aromatic nitrogens is 2. The molecule has 4 heteroatoms. The van der Waals surface area contributed by atoms with E-state index in [-0.39, 0.29) is 0 Å². The first-order chi connectivity index (χ1) is 7.87. The highest BCUT2D eigenvalue weighted by molar-refractivity contribution is 14.1. The van der Waals surface area contributed by atoms with Gasteiger partial charge in [0.1, 0.15) is 0 Å². The lowest BCUT2D eigenvalue weighted by Crippen LogP contribution is -2.10. The minimum absolute atomic E-state index is 0.335. The van der Waals surface area contributed by atoms with Crippen molar-refractivity contribution >= 4 is 45.8 Å². The largest absolute Gasteiger partial charge is 0.331 e. The van der Waals surface area contributed by atoms with Crippen LogP contribution in [0.4, 0.5) is 0 Å². The normalized spacial score (nSPS) is 12.2. The molecular weight excluding hydrogens is 343 g/mol. The smallest absolute Gasteiger partial charge is 0.178 e. The average Bonchev–Trinajstić information content (AvgIpc) is 2.48. The highest BCUT2D eigenvalue weighted by Crippen LogP contribution is 2.22. The summed E-state index contributed by atoms with van der Waals surface area (Å²) >= 11 is 7.71. The van der Waals surface area contributed by atoms with Gasteiger partial charge >= 0.3 is 0 Å². The van der Waals surface area contributed by atoms with Crippen LogP contribution in [0.1, 0.15) is 27.2 Å². The van der Waals surface area contributed by atoms with Gasteiger partial charge in [-0.15, -0.1) is 0 Å². The van der Waals surface area contributed by atoms with Crippen molar-refractivity contribution in [1.29, 1.82) is 0 Å². The summed E-state index contributed by atoms with van der Waals surface area (Å²) in [5, 5.41) is 0. The van der Waals surface area contributed by atoms with Crippen LogP contribution in [0, 0.1) is 13.8 Å². The number of aromatic amines is 1. The molecule has 1 heterocycles. The van der Waals surface area contributed by atoms with Crippen molar-refractivity contribution < 1.29 is 0 Å². The summed E-state index contributed by atoms with van der Waals surface area (Å²) in [7, 11) is 0. The quantitative estimate of drug-likeness (QED) is 0.606. The number of nitrogens with one attached hydrogen (secondary N) is 1. The Morgan fingerprint density at radius 3 is 2.71 bits per heavy atom. The average molecular weight is 360 g/mol. The molecule has 0 amide bonds. The zero-order valence-electron chi connectivity index (χ0n) is 10.4. The molecule has 0 atom stereocenters. The Morgan fingerprint density at radius 2 is 2.06 bits per heavy atom. The molecule has 0 bridgehead atoms. The molecule has 0 spiro atoms. The molecule has 2 nitrogen and oxygen atoms in total. The Bertz CT molecular complexity index is 589. The molecule has 0 aliphatic rings. The predicted octanol–water partition coefficient (Wildman–Crippen LogP) is 4.74. The van der Waals surface area contributed by atoms with Gasteiger partial charge in [-0.3, -0.25) is 0 Å². The molecule has 1 aromatic carbocycles. The molecule has 2 aromatic rings. The monoisotopic (exact) mass is 360 g/mol. The number of aryl methyl sites for hydroxylation is 1. The molecule has 0 fully saturated rings. The third kappa shape index (κ3) is 3.10. The SMILES string of the molecule is CC(C)(C)CCn1c(=S)[nH]c2cc(I)ccc21. The Balaban J connectivity index is 2.40. The summed E-state index contributed by atoms with van der Waals surface area (Å²) in [6, 6.07) is 6.41. The first-order valence-electron chi connectivity index (χ1n) is 5.75. The third-order valence-corrected chi connectivity index (χ3v) is 3.81. The number of hydrogen-bond donors (Lipinski definition) is 1. The summed E-state index contributed by atoms with van der Waals surface area (Å²) in [4.78, 5) is 3.28. The molecule has 0 radical (unpaired) electrons. The van der Waals surface area contributed by atoms with E-state index in [0.717, 1.165) is 23.3 Å². The maximum atomic E-state index is 5.39. The second-order valence-electron chi connectivity index (χ2n) is 5.55. The fourth-order valence-corrected chi connectivity index (χ4v) is 2.60. The van der Waals surface area contributed by atoms with Gasteiger partial charge in [0.25, 0.3) is 0 Å². The Labute approximate surface area is 121 Å². The van der Waals surface area contributed by atoms with Crippen molar-refractivity contribution in [1.82, 2.24) is 9.55 Å². The topological polar surface area (TPSA) is 20.7 Å². The van der Waals surface area contributed by atoms with Gasteiger partial charge in [0.05, 0.1) is 11.0 Å². The van der Waals surface area contributed by atoms with Crippen molar-refractivity contribution in [2.45, 2.75) is 33.7 Å². The van der Waals surface area contributed by atoms with Crippen molar-refractivity contribution in [3.8, 4) is 0 Å². The fourth-order valence-electron chi connectivity index (χ4n) is 1.81. The zero-order chi connectivity index (χ0) is 12.6. The van der Waals surface area contributed by atoms with Gasteiger partial charge in [0, 0.05) is 10.1 Å². The Hall–Kier alpha value is -0.360. The molecule has 0 aliphatic carbocycles. The molecule has 2 rings (SSSR count). The molecule has 1 N–H and O–H groups in total. The number of imidazole rings is 1. The van der Waals surface area contributed by atoms with E-state index in [1.807, 2.05) is 0 Å². The molecule has 92 valence electrons. The summed E-state index contributed by atoms with van der Waals surface area (Å²) in [5.41, 5.74) is 2.68. The van der Waals surface area contributed by atoms with E-state index in [4.69, 9.17) is 12.2 Å². The molecule has 0 aliphatic heterocycles. The number of rotatable bonds is 2. The lowest BCUT2D eigenvalue weighted by atomic mass is 9.92. The zero-order valence-corrected chi connectivity index (χ0v) is 13.4. The van der Waals surface area contributed by atoms with Crippen LogP contribution in [0.15, 0.2) is 18.2 Å². The van der Waals surface area contributed by atoms with Crippen LogP contribution in [0.2, 0.25) is 0 Å². The molecule has 0 saturated carbocycles. The molecule has 0 unspecified atom stereocenters. The van der Waals surface area contributed by atoms with E-state index >= 15 is 0 Å². The highest BCUT2D eigenvalue weighted by atomic mass is 127. The van der Waals surface area contributed by atoms with Crippen molar-refractivity contribution in [2.75, 3.05) is 0 Å². The summed E-state index contributed by atoms with van der Waals surface area (Å²) in [6.07, 6.45) is 1.13. The van der Waals surface area contributed by atoms with E-state index in [1.54, 1.807) is 0 Å². The van der Waals surface area contributed by atoms with E-state index in [0.29, 0.717) is 5.41 Å². The van der Waals surface area contributed by atoms with Crippen LogP contribution in [0.25, 0.3) is 11.0 Å². The first-order valence-corrected chi connectivity index (χ1v) is 7.24. The lowest BCUT2D eigenvalue weighted by Gasteiger charge is -2.18. The van der Waals surface area contributed by atoms with Gasteiger partial charge in [0.2, 0.25) is 0 Å². The highest BCUT2D eigenvalue weighted by Gasteiger charge is 2.12. The minimum atomic E-state index is 0.335. The number of H-pyrrole nitrogens is 1. The number of hydrogen-bond acceptors (Lipinski definition) is 1. The van der Waals surface area contributed by atoms with Gasteiger partial charge < -0.3 is 9.55 Å². The number of fused-ring (bicyclic) bond motifs is 1. The van der Waals surface area contributed by atoms with Crippen LogP contribution in [-0.2, 0) is 6.54 Å². The van der Waals surface area contributed by atoms with Crippen molar-refractivity contribution in [3.63, 3.8) is 0 Å². The van der Waals surface area contributed by atoms with E-state index < -0.39 is 0 Å². The van der Waals surface area contributed by atoms with Gasteiger partial charge in [-0.05, 0) is 64.8 Å².